The quantitative estimate of drug-likeness (QED) is 0.474. The van der Waals surface area contributed by atoms with Crippen molar-refractivity contribution in [3.8, 4) is 0 Å². The van der Waals surface area contributed by atoms with Crippen molar-refractivity contribution in [3.63, 3.8) is 0 Å². The number of hydrogen-bond donors (Lipinski definition) is 1. The molecule has 0 radical (unpaired) electrons. The fourth-order valence-corrected chi connectivity index (χ4v) is 1.75. The van der Waals surface area contributed by atoms with E-state index in [1.165, 1.54) is 19.3 Å². The SMILES string of the molecule is N[C@H]1CC[C@H]2C[C@@H]21. The highest BCUT2D eigenvalue weighted by Gasteiger charge is 2.45. The first-order chi connectivity index (χ1) is 3.38. The Balaban J connectivity index is 2.08. The maximum atomic E-state index is 5.72. The second kappa shape index (κ2) is 1.03. The zero-order valence-electron chi connectivity index (χ0n) is 4.43. The molecule has 0 saturated heterocycles. The van der Waals surface area contributed by atoms with Crippen LogP contribution in [0.25, 0.3) is 0 Å². The third-order valence-corrected chi connectivity index (χ3v) is 2.40. The van der Waals surface area contributed by atoms with Crippen LogP contribution in [0.4, 0.5) is 0 Å². The summed E-state index contributed by atoms with van der Waals surface area (Å²) in [5.74, 6) is 2.02. The first-order valence-electron chi connectivity index (χ1n) is 3.13. The lowest BCUT2D eigenvalue weighted by molar-refractivity contribution is 0.614. The summed E-state index contributed by atoms with van der Waals surface area (Å²) in [4.78, 5) is 0. The average Bonchev–Trinajstić information content (AvgIpc) is 2.33. The minimum Gasteiger partial charge on any atom is -0.327 e. The van der Waals surface area contributed by atoms with Crippen molar-refractivity contribution >= 4 is 0 Å². The van der Waals surface area contributed by atoms with Crippen molar-refractivity contribution in [2.45, 2.75) is 25.3 Å². The molecule has 0 aromatic rings. The molecule has 1 nitrogen and oxygen atoms in total. The Hall–Kier alpha value is -0.0400. The molecular formula is C6H11N. The molecule has 2 rings (SSSR count). The molecule has 3 atom stereocenters. The summed E-state index contributed by atoms with van der Waals surface area (Å²) in [5.41, 5.74) is 5.72. The molecule has 0 unspecified atom stereocenters. The molecule has 2 aliphatic carbocycles. The van der Waals surface area contributed by atoms with Crippen molar-refractivity contribution < 1.29 is 0 Å². The van der Waals surface area contributed by atoms with Crippen LogP contribution in [-0.4, -0.2) is 6.04 Å². The van der Waals surface area contributed by atoms with E-state index in [1.54, 1.807) is 0 Å². The van der Waals surface area contributed by atoms with Crippen LogP contribution in [0.3, 0.4) is 0 Å². The lowest BCUT2D eigenvalue weighted by Crippen LogP contribution is -2.18. The summed E-state index contributed by atoms with van der Waals surface area (Å²) in [6.07, 6.45) is 4.17. The lowest BCUT2D eigenvalue weighted by atomic mass is 10.2. The predicted octanol–water partition coefficient (Wildman–Crippen LogP) is 0.744. The van der Waals surface area contributed by atoms with Gasteiger partial charge >= 0.3 is 0 Å². The van der Waals surface area contributed by atoms with Gasteiger partial charge in [-0.15, -0.1) is 0 Å². The highest BCUT2D eigenvalue weighted by Crippen LogP contribution is 2.50. The second-order valence-electron chi connectivity index (χ2n) is 2.90. The van der Waals surface area contributed by atoms with Crippen LogP contribution in [0.5, 0.6) is 0 Å². The topological polar surface area (TPSA) is 26.0 Å². The van der Waals surface area contributed by atoms with Crippen molar-refractivity contribution in [1.29, 1.82) is 0 Å². The molecule has 2 saturated carbocycles. The highest BCUT2D eigenvalue weighted by atomic mass is 14.7. The summed E-state index contributed by atoms with van der Waals surface area (Å²) in [5, 5.41) is 0. The lowest BCUT2D eigenvalue weighted by Gasteiger charge is -1.99. The van der Waals surface area contributed by atoms with Gasteiger partial charge in [0.15, 0.2) is 0 Å². The zero-order valence-corrected chi connectivity index (χ0v) is 4.43. The third kappa shape index (κ3) is 0.418. The van der Waals surface area contributed by atoms with E-state index in [1.807, 2.05) is 0 Å². The van der Waals surface area contributed by atoms with E-state index in [-0.39, 0.29) is 0 Å². The Morgan fingerprint density at radius 3 is 2.29 bits per heavy atom. The van der Waals surface area contributed by atoms with Gasteiger partial charge in [0, 0.05) is 6.04 Å². The van der Waals surface area contributed by atoms with Gasteiger partial charge in [-0.05, 0) is 31.1 Å². The molecule has 0 heterocycles. The van der Waals surface area contributed by atoms with Crippen molar-refractivity contribution in [1.82, 2.24) is 0 Å². The number of hydrogen-bond acceptors (Lipinski definition) is 1. The van der Waals surface area contributed by atoms with Gasteiger partial charge in [0.2, 0.25) is 0 Å². The number of fused-ring (bicyclic) bond motifs is 1. The van der Waals surface area contributed by atoms with E-state index in [2.05, 4.69) is 0 Å². The van der Waals surface area contributed by atoms with Gasteiger partial charge in [-0.3, -0.25) is 0 Å². The predicted molar refractivity (Wildman–Crippen MR) is 28.8 cm³/mol. The molecule has 0 aromatic carbocycles. The van der Waals surface area contributed by atoms with Gasteiger partial charge in [0.1, 0.15) is 0 Å². The van der Waals surface area contributed by atoms with Crippen LogP contribution < -0.4 is 5.73 Å². The third-order valence-electron chi connectivity index (χ3n) is 2.40. The van der Waals surface area contributed by atoms with E-state index in [4.69, 9.17) is 5.73 Å². The van der Waals surface area contributed by atoms with E-state index in [0.29, 0.717) is 6.04 Å². The summed E-state index contributed by atoms with van der Waals surface area (Å²) < 4.78 is 0. The maximum absolute atomic E-state index is 5.72. The molecule has 2 aliphatic rings. The fraction of sp³-hybridized carbons (Fsp3) is 1.00. The normalized spacial score (nSPS) is 57.0. The minimum atomic E-state index is 0.588. The molecule has 0 aromatic heterocycles. The Bertz CT molecular complexity index is 90.2. The Morgan fingerprint density at radius 1 is 1.29 bits per heavy atom. The van der Waals surface area contributed by atoms with Gasteiger partial charge < -0.3 is 5.73 Å². The van der Waals surface area contributed by atoms with Gasteiger partial charge in [0.25, 0.3) is 0 Å². The van der Waals surface area contributed by atoms with E-state index in [0.717, 1.165) is 11.8 Å². The minimum absolute atomic E-state index is 0.588. The van der Waals surface area contributed by atoms with Crippen molar-refractivity contribution in [3.05, 3.63) is 0 Å². The average molecular weight is 97.2 g/mol. The van der Waals surface area contributed by atoms with Gasteiger partial charge in [-0.1, -0.05) is 0 Å². The van der Waals surface area contributed by atoms with E-state index < -0.39 is 0 Å². The first-order valence-corrected chi connectivity index (χ1v) is 3.13. The maximum Gasteiger partial charge on any atom is 0.00700 e. The van der Waals surface area contributed by atoms with Crippen LogP contribution in [0.15, 0.2) is 0 Å². The van der Waals surface area contributed by atoms with E-state index >= 15 is 0 Å². The largest absolute Gasteiger partial charge is 0.327 e. The number of nitrogens with two attached hydrogens (primary N) is 1. The molecule has 0 spiro atoms. The molecule has 7 heavy (non-hydrogen) atoms. The van der Waals surface area contributed by atoms with Crippen LogP contribution in [0, 0.1) is 11.8 Å². The summed E-state index contributed by atoms with van der Waals surface area (Å²) in [6, 6.07) is 0.588. The van der Waals surface area contributed by atoms with Gasteiger partial charge in [0.05, 0.1) is 0 Å². The molecule has 0 amide bonds. The second-order valence-corrected chi connectivity index (χ2v) is 2.90. The Morgan fingerprint density at radius 2 is 2.14 bits per heavy atom. The fourth-order valence-electron chi connectivity index (χ4n) is 1.75. The van der Waals surface area contributed by atoms with Crippen LogP contribution in [0.2, 0.25) is 0 Å². The zero-order chi connectivity index (χ0) is 4.85. The van der Waals surface area contributed by atoms with E-state index in [9.17, 15) is 0 Å². The summed E-state index contributed by atoms with van der Waals surface area (Å²) in [6.45, 7) is 0. The summed E-state index contributed by atoms with van der Waals surface area (Å²) in [7, 11) is 0. The van der Waals surface area contributed by atoms with Gasteiger partial charge in [-0.2, -0.15) is 0 Å². The molecule has 0 bridgehead atoms. The molecule has 40 valence electrons. The standard InChI is InChI=1S/C6H11N/c7-6-2-1-4-3-5(4)6/h4-6H,1-3,7H2/t4-,5-,6-/m0/s1. The molecule has 0 aliphatic heterocycles. The molecule has 2 fully saturated rings. The number of rotatable bonds is 0. The molecule has 2 N–H and O–H groups in total. The van der Waals surface area contributed by atoms with Crippen molar-refractivity contribution in [2.75, 3.05) is 0 Å². The van der Waals surface area contributed by atoms with Crippen LogP contribution in [0.1, 0.15) is 19.3 Å². The van der Waals surface area contributed by atoms with Crippen LogP contribution in [-0.2, 0) is 0 Å². The molecular weight excluding hydrogens is 86.1 g/mol. The summed E-state index contributed by atoms with van der Waals surface area (Å²) >= 11 is 0. The Kier molecular flexibility index (Phi) is 0.571. The smallest absolute Gasteiger partial charge is 0.00700 e. The highest BCUT2D eigenvalue weighted by molar-refractivity contribution is 4.99. The Labute approximate surface area is 43.9 Å². The van der Waals surface area contributed by atoms with Gasteiger partial charge in [-0.25, -0.2) is 0 Å². The van der Waals surface area contributed by atoms with Crippen LogP contribution >= 0.6 is 0 Å². The van der Waals surface area contributed by atoms with Crippen molar-refractivity contribution in [2.24, 2.45) is 17.6 Å². The first kappa shape index (κ1) is 3.90. The monoisotopic (exact) mass is 97.1 g/mol. The molecule has 1 heteroatoms.